The fourth-order valence-corrected chi connectivity index (χ4v) is 0.746. The highest BCUT2D eigenvalue weighted by molar-refractivity contribution is 4.64. The van der Waals surface area contributed by atoms with Crippen molar-refractivity contribution in [3.63, 3.8) is 0 Å². The first-order valence-electron chi connectivity index (χ1n) is 4.49. The Morgan fingerprint density at radius 3 is 2.85 bits per heavy atom. The van der Waals surface area contributed by atoms with Gasteiger partial charge in [-0.25, -0.2) is 0 Å². The van der Waals surface area contributed by atoms with Gasteiger partial charge in [-0.3, -0.25) is 0 Å². The van der Waals surface area contributed by atoms with E-state index in [0.717, 1.165) is 6.42 Å². The summed E-state index contributed by atoms with van der Waals surface area (Å²) in [5, 5.41) is 20.4. The van der Waals surface area contributed by atoms with Gasteiger partial charge in [0.2, 0.25) is 0 Å². The summed E-state index contributed by atoms with van der Waals surface area (Å²) < 4.78 is 5.21. The predicted molar refractivity (Wildman–Crippen MR) is 51.6 cm³/mol. The molecule has 4 heteroatoms. The molecular formula is C9H19NO3. The molecule has 1 atom stereocenters. The number of ether oxygens (including phenoxy) is 1. The molecule has 0 aromatic heterocycles. The number of hydrogen-bond acceptors (Lipinski definition) is 4. The van der Waals surface area contributed by atoms with Crippen molar-refractivity contribution in [3.8, 4) is 0 Å². The molecule has 0 fully saturated rings. The SMILES string of the molecule is C=CCCOCCNC[C@H](O)CO. The van der Waals surface area contributed by atoms with Gasteiger partial charge in [-0.1, -0.05) is 6.08 Å². The second-order valence-electron chi connectivity index (χ2n) is 2.73. The van der Waals surface area contributed by atoms with Crippen LogP contribution in [0, 0.1) is 0 Å². The highest BCUT2D eigenvalue weighted by Gasteiger charge is 1.98. The Labute approximate surface area is 79.2 Å². The molecule has 0 saturated carbocycles. The first kappa shape index (κ1) is 12.6. The third-order valence-corrected chi connectivity index (χ3v) is 1.48. The van der Waals surface area contributed by atoms with Crippen molar-refractivity contribution in [1.29, 1.82) is 0 Å². The number of aliphatic hydroxyl groups excluding tert-OH is 2. The van der Waals surface area contributed by atoms with Gasteiger partial charge in [0.25, 0.3) is 0 Å². The van der Waals surface area contributed by atoms with E-state index in [-0.39, 0.29) is 6.61 Å². The largest absolute Gasteiger partial charge is 0.394 e. The minimum absolute atomic E-state index is 0.204. The fourth-order valence-electron chi connectivity index (χ4n) is 0.746. The van der Waals surface area contributed by atoms with Crippen molar-refractivity contribution < 1.29 is 14.9 Å². The van der Waals surface area contributed by atoms with Gasteiger partial charge in [0.1, 0.15) is 0 Å². The zero-order chi connectivity index (χ0) is 9.94. The fraction of sp³-hybridized carbons (Fsp3) is 0.778. The van der Waals surface area contributed by atoms with Crippen molar-refractivity contribution in [2.24, 2.45) is 0 Å². The Kier molecular flexibility index (Phi) is 9.35. The van der Waals surface area contributed by atoms with Gasteiger partial charge in [0.15, 0.2) is 0 Å². The van der Waals surface area contributed by atoms with Gasteiger partial charge in [-0.2, -0.15) is 0 Å². The average Bonchev–Trinajstić information content (AvgIpc) is 2.16. The lowest BCUT2D eigenvalue weighted by Crippen LogP contribution is -2.31. The Hall–Kier alpha value is -0.420. The molecule has 0 saturated heterocycles. The molecule has 3 N–H and O–H groups in total. The van der Waals surface area contributed by atoms with Crippen LogP contribution in [0.3, 0.4) is 0 Å². The summed E-state index contributed by atoms with van der Waals surface area (Å²) in [4.78, 5) is 0. The predicted octanol–water partition coefficient (Wildman–Crippen LogP) is -0.478. The maximum absolute atomic E-state index is 8.93. The molecule has 0 heterocycles. The number of rotatable bonds is 9. The average molecular weight is 189 g/mol. The van der Waals surface area contributed by atoms with Gasteiger partial charge in [0, 0.05) is 13.1 Å². The quantitative estimate of drug-likeness (QED) is 0.339. The van der Waals surface area contributed by atoms with Crippen LogP contribution in [-0.4, -0.2) is 49.2 Å². The standard InChI is InChI=1S/C9H19NO3/c1-2-3-5-13-6-4-10-7-9(12)8-11/h2,9-12H,1,3-8H2/t9-/m0/s1. The second kappa shape index (κ2) is 9.67. The van der Waals surface area contributed by atoms with Crippen LogP contribution in [0.5, 0.6) is 0 Å². The van der Waals surface area contributed by atoms with E-state index in [2.05, 4.69) is 11.9 Å². The highest BCUT2D eigenvalue weighted by Crippen LogP contribution is 1.82. The van der Waals surface area contributed by atoms with Crippen LogP contribution in [0.25, 0.3) is 0 Å². The third-order valence-electron chi connectivity index (χ3n) is 1.48. The molecule has 0 rings (SSSR count). The Morgan fingerprint density at radius 2 is 2.23 bits per heavy atom. The molecule has 0 amide bonds. The third kappa shape index (κ3) is 9.49. The summed E-state index contributed by atoms with van der Waals surface area (Å²) in [5.41, 5.74) is 0. The van der Waals surface area contributed by atoms with Crippen LogP contribution >= 0.6 is 0 Å². The van der Waals surface area contributed by atoms with Crippen molar-refractivity contribution >= 4 is 0 Å². The van der Waals surface area contributed by atoms with E-state index in [1.165, 1.54) is 0 Å². The van der Waals surface area contributed by atoms with Crippen LogP contribution in [-0.2, 0) is 4.74 Å². The molecule has 0 radical (unpaired) electrons. The zero-order valence-electron chi connectivity index (χ0n) is 7.91. The summed E-state index contributed by atoms with van der Waals surface area (Å²) in [6.45, 7) is 5.77. The molecule has 0 aliphatic carbocycles. The smallest absolute Gasteiger partial charge is 0.0894 e. The van der Waals surface area contributed by atoms with Crippen LogP contribution in [0.15, 0.2) is 12.7 Å². The monoisotopic (exact) mass is 189 g/mol. The molecule has 4 nitrogen and oxygen atoms in total. The Balaban J connectivity index is 2.95. The van der Waals surface area contributed by atoms with E-state index in [4.69, 9.17) is 14.9 Å². The topological polar surface area (TPSA) is 61.7 Å². The van der Waals surface area contributed by atoms with Crippen LogP contribution in [0.2, 0.25) is 0 Å². The summed E-state index contributed by atoms with van der Waals surface area (Å²) in [6, 6.07) is 0. The van der Waals surface area contributed by atoms with Crippen LogP contribution in [0.4, 0.5) is 0 Å². The van der Waals surface area contributed by atoms with Gasteiger partial charge in [-0.05, 0) is 6.42 Å². The van der Waals surface area contributed by atoms with E-state index >= 15 is 0 Å². The maximum Gasteiger partial charge on any atom is 0.0894 e. The molecule has 0 spiro atoms. The molecular weight excluding hydrogens is 170 g/mol. The zero-order valence-corrected chi connectivity index (χ0v) is 7.91. The Morgan fingerprint density at radius 1 is 1.46 bits per heavy atom. The van der Waals surface area contributed by atoms with Gasteiger partial charge < -0.3 is 20.3 Å². The van der Waals surface area contributed by atoms with E-state index in [0.29, 0.717) is 26.3 Å². The highest BCUT2D eigenvalue weighted by atomic mass is 16.5. The van der Waals surface area contributed by atoms with E-state index in [9.17, 15) is 0 Å². The van der Waals surface area contributed by atoms with Crippen LogP contribution < -0.4 is 5.32 Å². The molecule has 13 heavy (non-hydrogen) atoms. The normalized spacial score (nSPS) is 12.8. The summed E-state index contributed by atoms with van der Waals surface area (Å²) in [5.74, 6) is 0. The van der Waals surface area contributed by atoms with Crippen molar-refractivity contribution in [2.45, 2.75) is 12.5 Å². The van der Waals surface area contributed by atoms with Crippen molar-refractivity contribution in [3.05, 3.63) is 12.7 Å². The number of nitrogens with one attached hydrogen (secondary N) is 1. The molecule has 0 aromatic rings. The molecule has 78 valence electrons. The number of aliphatic hydroxyl groups is 2. The summed E-state index contributed by atoms with van der Waals surface area (Å²) >= 11 is 0. The van der Waals surface area contributed by atoms with Crippen LogP contribution in [0.1, 0.15) is 6.42 Å². The maximum atomic E-state index is 8.93. The van der Waals surface area contributed by atoms with Crippen molar-refractivity contribution in [2.75, 3.05) is 32.9 Å². The molecule has 0 aliphatic heterocycles. The molecule has 0 aliphatic rings. The lowest BCUT2D eigenvalue weighted by molar-refractivity contribution is 0.0893. The molecule has 0 bridgehead atoms. The lowest BCUT2D eigenvalue weighted by atomic mass is 10.4. The van der Waals surface area contributed by atoms with E-state index in [1.807, 2.05) is 6.08 Å². The van der Waals surface area contributed by atoms with E-state index in [1.54, 1.807) is 0 Å². The number of hydrogen-bond donors (Lipinski definition) is 3. The van der Waals surface area contributed by atoms with Gasteiger partial charge in [-0.15, -0.1) is 6.58 Å². The first-order chi connectivity index (χ1) is 6.31. The molecule has 0 unspecified atom stereocenters. The van der Waals surface area contributed by atoms with E-state index < -0.39 is 6.10 Å². The van der Waals surface area contributed by atoms with Gasteiger partial charge >= 0.3 is 0 Å². The van der Waals surface area contributed by atoms with Gasteiger partial charge in [0.05, 0.1) is 25.9 Å². The lowest BCUT2D eigenvalue weighted by Gasteiger charge is -2.08. The minimum atomic E-state index is -0.673. The minimum Gasteiger partial charge on any atom is -0.394 e. The first-order valence-corrected chi connectivity index (χ1v) is 4.49. The second-order valence-corrected chi connectivity index (χ2v) is 2.73. The molecule has 0 aromatic carbocycles. The Bertz CT molecular complexity index is 119. The summed E-state index contributed by atoms with van der Waals surface area (Å²) in [6.07, 6.45) is 2.00. The van der Waals surface area contributed by atoms with Crippen molar-refractivity contribution in [1.82, 2.24) is 5.32 Å². The summed E-state index contributed by atoms with van der Waals surface area (Å²) in [7, 11) is 0.